The number of carbonyl (C=O) groups excluding carboxylic acids is 2. The first-order valence-electron chi connectivity index (χ1n) is 13.3. The highest BCUT2D eigenvalue weighted by molar-refractivity contribution is 6.08. The summed E-state index contributed by atoms with van der Waals surface area (Å²) < 4.78 is 1.79. The Morgan fingerprint density at radius 2 is 1.95 bits per heavy atom. The van der Waals surface area contributed by atoms with E-state index in [1.165, 1.54) is 0 Å². The van der Waals surface area contributed by atoms with Gasteiger partial charge in [-0.25, -0.2) is 0 Å². The van der Waals surface area contributed by atoms with E-state index in [9.17, 15) is 9.59 Å². The Hall–Kier alpha value is -3.69. The van der Waals surface area contributed by atoms with Crippen LogP contribution in [0.3, 0.4) is 0 Å². The van der Waals surface area contributed by atoms with Crippen LogP contribution in [0.25, 0.3) is 0 Å². The molecule has 2 aliphatic heterocycles. The van der Waals surface area contributed by atoms with E-state index in [1.807, 2.05) is 61.3 Å². The number of benzene rings is 2. The Morgan fingerprint density at radius 1 is 1.16 bits per heavy atom. The fraction of sp³-hybridized carbons (Fsp3) is 0.414. The summed E-state index contributed by atoms with van der Waals surface area (Å²) in [5.41, 5.74) is 5.37. The molecule has 5 rings (SSSR count). The van der Waals surface area contributed by atoms with Gasteiger partial charge in [-0.3, -0.25) is 14.3 Å². The van der Waals surface area contributed by atoms with Crippen molar-refractivity contribution in [3.63, 3.8) is 0 Å². The summed E-state index contributed by atoms with van der Waals surface area (Å²) in [7, 11) is 1.89. The van der Waals surface area contributed by atoms with E-state index in [1.54, 1.807) is 15.8 Å². The van der Waals surface area contributed by atoms with Crippen LogP contribution in [0, 0.1) is 6.92 Å². The highest BCUT2D eigenvalue weighted by atomic mass is 16.3. The van der Waals surface area contributed by atoms with Crippen molar-refractivity contribution in [1.29, 1.82) is 0 Å². The molecule has 200 valence electrons. The van der Waals surface area contributed by atoms with E-state index in [0.29, 0.717) is 37.5 Å². The molecule has 3 heterocycles. The monoisotopic (exact) mass is 516 g/mol. The molecule has 1 saturated heterocycles. The largest absolute Gasteiger partial charge is 0.395 e. The summed E-state index contributed by atoms with van der Waals surface area (Å²) in [6, 6.07) is 14.0. The van der Waals surface area contributed by atoms with E-state index in [2.05, 4.69) is 15.7 Å². The number of hydrogen-bond donors (Lipinski definition) is 3. The van der Waals surface area contributed by atoms with Gasteiger partial charge in [0, 0.05) is 50.3 Å². The number of rotatable bonds is 7. The fourth-order valence-electron chi connectivity index (χ4n) is 5.41. The van der Waals surface area contributed by atoms with Gasteiger partial charge in [0.05, 0.1) is 30.7 Å². The smallest absolute Gasteiger partial charge is 0.258 e. The van der Waals surface area contributed by atoms with Crippen LogP contribution in [0.2, 0.25) is 0 Å². The van der Waals surface area contributed by atoms with Gasteiger partial charge in [-0.05, 0) is 61.6 Å². The van der Waals surface area contributed by atoms with Crippen molar-refractivity contribution in [2.75, 3.05) is 36.5 Å². The van der Waals surface area contributed by atoms with Crippen molar-refractivity contribution >= 4 is 29.0 Å². The standard InChI is InChI=1S/C29H36N6O3/c1-20-17-22(8-7-21(20)9-10-27(37)34-14-11-24(12-15-34)30-13-16-36)29(38)35-19-23-18-31-33(2)28(23)32-25-5-3-4-6-26(25)35/h3-8,17-18,24,30,32,36H,9-16,19H2,1-2H3. The maximum absolute atomic E-state index is 13.8. The van der Waals surface area contributed by atoms with Crippen LogP contribution in [-0.4, -0.2) is 63.9 Å². The van der Waals surface area contributed by atoms with Crippen LogP contribution in [0.1, 0.15) is 46.3 Å². The zero-order valence-electron chi connectivity index (χ0n) is 22.1. The first-order chi connectivity index (χ1) is 18.4. The number of carbonyl (C=O) groups is 2. The molecular formula is C29H36N6O3. The maximum atomic E-state index is 13.8. The molecule has 9 nitrogen and oxygen atoms in total. The molecule has 2 aromatic carbocycles. The molecule has 1 aromatic heterocycles. The minimum Gasteiger partial charge on any atom is -0.395 e. The van der Waals surface area contributed by atoms with Crippen molar-refractivity contribution in [1.82, 2.24) is 20.0 Å². The fourth-order valence-corrected chi connectivity index (χ4v) is 5.41. The number of piperidine rings is 1. The number of anilines is 3. The number of nitrogens with one attached hydrogen (secondary N) is 2. The lowest BCUT2D eigenvalue weighted by Gasteiger charge is -2.32. The van der Waals surface area contributed by atoms with E-state index < -0.39 is 0 Å². The number of para-hydroxylation sites is 2. The predicted molar refractivity (Wildman–Crippen MR) is 148 cm³/mol. The molecule has 9 heteroatoms. The van der Waals surface area contributed by atoms with Crippen molar-refractivity contribution in [3.8, 4) is 0 Å². The molecule has 0 unspecified atom stereocenters. The van der Waals surface area contributed by atoms with E-state index in [0.717, 1.165) is 59.8 Å². The number of nitrogens with zero attached hydrogens (tertiary/aromatic N) is 4. The van der Waals surface area contributed by atoms with Crippen LogP contribution >= 0.6 is 0 Å². The minimum absolute atomic E-state index is 0.0700. The topological polar surface area (TPSA) is 103 Å². The van der Waals surface area contributed by atoms with Crippen molar-refractivity contribution in [2.24, 2.45) is 7.05 Å². The number of aryl methyl sites for hydroxylation is 3. The molecule has 0 bridgehead atoms. The number of likely N-dealkylation sites (tertiary alicyclic amines) is 1. The SMILES string of the molecule is Cc1cc(C(=O)N2Cc3cnn(C)c3Nc3ccccc32)ccc1CCC(=O)N1CCC(NCCO)CC1. The second-order valence-corrected chi connectivity index (χ2v) is 10.1. The van der Waals surface area contributed by atoms with E-state index in [4.69, 9.17) is 5.11 Å². The zero-order valence-corrected chi connectivity index (χ0v) is 22.1. The molecule has 2 amide bonds. The number of hydrogen-bond acceptors (Lipinski definition) is 6. The summed E-state index contributed by atoms with van der Waals surface area (Å²) in [5, 5.41) is 20.1. The highest BCUT2D eigenvalue weighted by Gasteiger charge is 2.27. The Bertz CT molecular complexity index is 1310. The molecule has 38 heavy (non-hydrogen) atoms. The Kier molecular flexibility index (Phi) is 7.76. The molecule has 0 aliphatic carbocycles. The Morgan fingerprint density at radius 3 is 2.71 bits per heavy atom. The van der Waals surface area contributed by atoms with Crippen LogP contribution in [0.15, 0.2) is 48.7 Å². The van der Waals surface area contributed by atoms with Gasteiger partial charge in [0.25, 0.3) is 5.91 Å². The number of aromatic nitrogens is 2. The van der Waals surface area contributed by atoms with Crippen molar-refractivity contribution in [2.45, 2.75) is 45.2 Å². The van der Waals surface area contributed by atoms with Crippen LogP contribution in [0.5, 0.6) is 0 Å². The lowest BCUT2D eigenvalue weighted by molar-refractivity contribution is -0.132. The van der Waals surface area contributed by atoms with Crippen molar-refractivity contribution in [3.05, 3.63) is 70.9 Å². The molecule has 0 saturated carbocycles. The summed E-state index contributed by atoms with van der Waals surface area (Å²) in [4.78, 5) is 30.3. The molecule has 1 fully saturated rings. The van der Waals surface area contributed by atoms with Gasteiger partial charge in [0.1, 0.15) is 5.82 Å². The Labute approximate surface area is 223 Å². The predicted octanol–water partition coefficient (Wildman–Crippen LogP) is 3.14. The number of aliphatic hydroxyl groups is 1. The first kappa shape index (κ1) is 25.9. The number of fused-ring (bicyclic) bond motifs is 2. The van der Waals surface area contributed by atoms with Crippen molar-refractivity contribution < 1.29 is 14.7 Å². The third-order valence-electron chi connectivity index (χ3n) is 7.63. The quantitative estimate of drug-likeness (QED) is 0.446. The van der Waals surface area contributed by atoms with Gasteiger partial charge in [0.15, 0.2) is 0 Å². The first-order valence-corrected chi connectivity index (χ1v) is 13.3. The second-order valence-electron chi connectivity index (χ2n) is 10.1. The van der Waals surface area contributed by atoms with E-state index >= 15 is 0 Å². The third-order valence-corrected chi connectivity index (χ3v) is 7.63. The zero-order chi connectivity index (χ0) is 26.6. The van der Waals surface area contributed by atoms with Crippen LogP contribution < -0.4 is 15.5 Å². The summed E-state index contributed by atoms with van der Waals surface area (Å²) >= 11 is 0. The molecular weight excluding hydrogens is 480 g/mol. The molecule has 2 aliphatic rings. The molecule has 0 radical (unpaired) electrons. The second kappa shape index (κ2) is 11.4. The van der Waals surface area contributed by atoms with Gasteiger partial charge in [-0.1, -0.05) is 18.2 Å². The van der Waals surface area contributed by atoms with Gasteiger partial charge < -0.3 is 25.5 Å². The highest BCUT2D eigenvalue weighted by Crippen LogP contribution is 2.36. The number of aliphatic hydroxyl groups excluding tert-OH is 1. The van der Waals surface area contributed by atoms with Gasteiger partial charge >= 0.3 is 0 Å². The maximum Gasteiger partial charge on any atom is 0.258 e. The van der Waals surface area contributed by atoms with Crippen LogP contribution in [0.4, 0.5) is 17.2 Å². The molecule has 3 N–H and O–H groups in total. The van der Waals surface area contributed by atoms with E-state index in [-0.39, 0.29) is 18.4 Å². The average molecular weight is 517 g/mol. The number of amides is 2. The average Bonchev–Trinajstić information content (AvgIpc) is 3.18. The minimum atomic E-state index is -0.0700. The lowest BCUT2D eigenvalue weighted by atomic mass is 9.99. The summed E-state index contributed by atoms with van der Waals surface area (Å²) in [5.74, 6) is 0.986. The van der Waals surface area contributed by atoms with Gasteiger partial charge in [-0.2, -0.15) is 5.10 Å². The molecule has 0 atom stereocenters. The Balaban J connectivity index is 1.25. The lowest BCUT2D eigenvalue weighted by Crippen LogP contribution is -2.45. The van der Waals surface area contributed by atoms with Gasteiger partial charge in [0.2, 0.25) is 5.91 Å². The molecule has 0 spiro atoms. The van der Waals surface area contributed by atoms with Crippen LogP contribution in [-0.2, 0) is 24.8 Å². The summed E-state index contributed by atoms with van der Waals surface area (Å²) in [6.45, 7) is 4.66. The normalized spacial score (nSPS) is 15.4. The van der Waals surface area contributed by atoms with Gasteiger partial charge in [-0.15, -0.1) is 0 Å². The molecule has 3 aromatic rings. The summed E-state index contributed by atoms with van der Waals surface area (Å²) in [6.07, 6.45) is 4.73. The third kappa shape index (κ3) is 5.44.